The molecule has 7 heteroatoms. The minimum absolute atomic E-state index is 0.194. The van der Waals surface area contributed by atoms with Gasteiger partial charge in [-0.3, -0.25) is 0 Å². The average molecular weight is 277 g/mol. The summed E-state index contributed by atoms with van der Waals surface area (Å²) in [6, 6.07) is 7.92. The molecule has 0 radical (unpaired) electrons. The third-order valence-electron chi connectivity index (χ3n) is 2.25. The number of nitrogen functional groups attached to an aromatic ring is 1. The van der Waals surface area contributed by atoms with E-state index in [1.165, 1.54) is 17.4 Å². The molecule has 98 valence electrons. The molecule has 3 rings (SSSR count). The van der Waals surface area contributed by atoms with E-state index in [-0.39, 0.29) is 11.4 Å². The van der Waals surface area contributed by atoms with Gasteiger partial charge in [-0.05, 0) is 30.3 Å². The van der Waals surface area contributed by atoms with Gasteiger partial charge in [0.2, 0.25) is 0 Å². The summed E-state index contributed by atoms with van der Waals surface area (Å²) >= 11 is 1.40. The molecule has 0 saturated carbocycles. The molecule has 6 nitrogen and oxygen atoms in total. The summed E-state index contributed by atoms with van der Waals surface area (Å²) < 4.78 is 0. The van der Waals surface area contributed by atoms with E-state index in [4.69, 9.17) is 15.9 Å². The fourth-order valence-electron chi connectivity index (χ4n) is 1.34. The summed E-state index contributed by atoms with van der Waals surface area (Å²) in [5.41, 5.74) is 8.57. The number of phenols is 1. The first-order valence-electron chi connectivity index (χ1n) is 5.26. The molecule has 2 heterocycles. The van der Waals surface area contributed by atoms with Crippen LogP contribution in [0.25, 0.3) is 10.3 Å². The lowest BCUT2D eigenvalue weighted by molar-refractivity contribution is 0.0691. The first kappa shape index (κ1) is 12.9. The third-order valence-corrected chi connectivity index (χ3v) is 3.01. The van der Waals surface area contributed by atoms with Gasteiger partial charge in [-0.2, -0.15) is 0 Å². The fourth-order valence-corrected chi connectivity index (χ4v) is 2.01. The van der Waals surface area contributed by atoms with Crippen LogP contribution in [0.2, 0.25) is 0 Å². The number of phenolic OH excluding ortho intramolecular Hbond substituents is 1. The van der Waals surface area contributed by atoms with Crippen molar-refractivity contribution in [2.45, 2.75) is 0 Å². The molecule has 2 aromatic heterocycles. The van der Waals surface area contributed by atoms with E-state index in [1.807, 2.05) is 0 Å². The Hall–Kier alpha value is -2.54. The number of H-pyrrole nitrogens is 1. The molecule has 0 amide bonds. The van der Waals surface area contributed by atoms with E-state index in [1.54, 1.807) is 29.8 Å². The molecule has 0 fully saturated rings. The zero-order valence-electron chi connectivity index (χ0n) is 9.70. The van der Waals surface area contributed by atoms with E-state index in [0.717, 1.165) is 4.83 Å². The molecular formula is C12H11N3O3S. The maximum absolute atomic E-state index is 10.4. The number of carboxylic acid groups (broad SMARTS) is 1. The number of fused-ring (bicyclic) bond motifs is 1. The van der Waals surface area contributed by atoms with Crippen molar-refractivity contribution in [3.05, 3.63) is 41.5 Å². The fraction of sp³-hybridized carbons (Fsp3) is 0. The molecule has 0 atom stereocenters. The number of aromatic hydroxyl groups is 1. The third kappa shape index (κ3) is 3.23. The molecule has 5 N–H and O–H groups in total. The molecule has 19 heavy (non-hydrogen) atoms. The molecule has 1 aromatic carbocycles. The molecular weight excluding hydrogens is 266 g/mol. The summed E-state index contributed by atoms with van der Waals surface area (Å²) in [6.07, 6.45) is 0. The van der Waals surface area contributed by atoms with Crippen LogP contribution in [0.15, 0.2) is 35.8 Å². The number of thiazole rings is 1. The van der Waals surface area contributed by atoms with E-state index < -0.39 is 5.97 Å². The molecule has 0 unspecified atom stereocenters. The number of nitrogens with zero attached hydrogens (tertiary/aromatic N) is 1. The minimum Gasteiger partial charge on any atom is -0.508 e. The lowest BCUT2D eigenvalue weighted by atomic mass is 10.3. The lowest BCUT2D eigenvalue weighted by Gasteiger charge is -1.89. The second-order valence-corrected chi connectivity index (χ2v) is 4.50. The number of hydrogen-bond acceptors (Lipinski definition) is 5. The largest absolute Gasteiger partial charge is 0.508 e. The maximum atomic E-state index is 10.4. The SMILES string of the molecule is Nc1ccc(O)cc1.O=C(O)c1cc2ncsc2[nH]1. The van der Waals surface area contributed by atoms with Crippen LogP contribution in [0, 0.1) is 0 Å². The van der Waals surface area contributed by atoms with Crippen LogP contribution in [-0.2, 0) is 0 Å². The van der Waals surface area contributed by atoms with Crippen LogP contribution in [0.4, 0.5) is 5.69 Å². The lowest BCUT2D eigenvalue weighted by Crippen LogP contribution is -1.94. The van der Waals surface area contributed by atoms with Gasteiger partial charge in [0.15, 0.2) is 0 Å². The van der Waals surface area contributed by atoms with Crippen LogP contribution in [0.3, 0.4) is 0 Å². The number of hydrogen-bond donors (Lipinski definition) is 4. The van der Waals surface area contributed by atoms with Gasteiger partial charge in [-0.1, -0.05) is 0 Å². The number of nitrogens with two attached hydrogens (primary N) is 1. The Balaban J connectivity index is 0.000000148. The normalized spacial score (nSPS) is 9.89. The van der Waals surface area contributed by atoms with Crippen LogP contribution in [0.1, 0.15) is 10.5 Å². The first-order chi connectivity index (χ1) is 9.06. The van der Waals surface area contributed by atoms with Gasteiger partial charge in [0, 0.05) is 5.69 Å². The maximum Gasteiger partial charge on any atom is 0.352 e. The Bertz CT molecular complexity index is 638. The highest BCUT2D eigenvalue weighted by Crippen LogP contribution is 2.17. The van der Waals surface area contributed by atoms with Gasteiger partial charge in [-0.25, -0.2) is 9.78 Å². The number of carboxylic acids is 1. The predicted molar refractivity (Wildman–Crippen MR) is 73.4 cm³/mol. The van der Waals surface area contributed by atoms with E-state index in [9.17, 15) is 4.79 Å². The van der Waals surface area contributed by atoms with Crippen LogP contribution in [-0.4, -0.2) is 26.2 Å². The topological polar surface area (TPSA) is 112 Å². The molecule has 0 aliphatic rings. The Labute approximate surface area is 112 Å². The number of anilines is 1. The number of carbonyl (C=O) groups is 1. The molecule has 3 aromatic rings. The molecule has 0 spiro atoms. The molecule has 0 saturated heterocycles. The number of rotatable bonds is 1. The second kappa shape index (κ2) is 5.40. The van der Waals surface area contributed by atoms with E-state index in [2.05, 4.69) is 9.97 Å². The van der Waals surface area contributed by atoms with Crippen molar-refractivity contribution in [3.8, 4) is 5.75 Å². The minimum atomic E-state index is -0.949. The van der Waals surface area contributed by atoms with Gasteiger partial charge in [0.25, 0.3) is 0 Å². The molecule has 0 aliphatic heterocycles. The van der Waals surface area contributed by atoms with Crippen LogP contribution < -0.4 is 5.73 Å². The standard InChI is InChI=1S/C6H4N2O2S.C6H7NO/c9-6(10)4-1-3-5(8-4)11-2-7-3;7-5-1-3-6(8)4-2-5/h1-2,8H,(H,9,10);1-4,8H,7H2. The van der Waals surface area contributed by atoms with Gasteiger partial charge < -0.3 is 20.9 Å². The predicted octanol–water partition coefficient (Wildman–Crippen LogP) is 2.30. The summed E-state index contributed by atoms with van der Waals surface area (Å²) in [7, 11) is 0. The highest BCUT2D eigenvalue weighted by Gasteiger charge is 2.07. The number of aromatic nitrogens is 2. The van der Waals surface area contributed by atoms with Crippen molar-refractivity contribution in [1.82, 2.24) is 9.97 Å². The second-order valence-electron chi connectivity index (χ2n) is 3.65. The highest BCUT2D eigenvalue weighted by molar-refractivity contribution is 7.16. The van der Waals surface area contributed by atoms with E-state index >= 15 is 0 Å². The van der Waals surface area contributed by atoms with E-state index in [0.29, 0.717) is 11.2 Å². The van der Waals surface area contributed by atoms with Gasteiger partial charge in [-0.15, -0.1) is 11.3 Å². The van der Waals surface area contributed by atoms with Gasteiger partial charge >= 0.3 is 5.97 Å². The Morgan fingerprint density at radius 1 is 1.32 bits per heavy atom. The van der Waals surface area contributed by atoms with Crippen molar-refractivity contribution in [3.63, 3.8) is 0 Å². The van der Waals surface area contributed by atoms with Crippen LogP contribution in [0.5, 0.6) is 5.75 Å². The Kier molecular flexibility index (Phi) is 3.67. The number of aromatic carboxylic acids is 1. The summed E-state index contributed by atoms with van der Waals surface area (Å²) in [5, 5.41) is 17.3. The quantitative estimate of drug-likeness (QED) is 0.402. The van der Waals surface area contributed by atoms with Crippen molar-refractivity contribution < 1.29 is 15.0 Å². The summed E-state index contributed by atoms with van der Waals surface area (Å²) in [4.78, 5) is 17.9. The monoisotopic (exact) mass is 277 g/mol. The number of benzene rings is 1. The summed E-state index contributed by atoms with van der Waals surface area (Å²) in [5.74, 6) is -0.700. The summed E-state index contributed by atoms with van der Waals surface area (Å²) in [6.45, 7) is 0. The van der Waals surface area contributed by atoms with Crippen LogP contribution >= 0.6 is 11.3 Å². The Morgan fingerprint density at radius 3 is 2.53 bits per heavy atom. The van der Waals surface area contributed by atoms with Gasteiger partial charge in [0.1, 0.15) is 21.8 Å². The Morgan fingerprint density at radius 2 is 2.00 bits per heavy atom. The van der Waals surface area contributed by atoms with Crippen molar-refractivity contribution >= 4 is 33.3 Å². The highest BCUT2D eigenvalue weighted by atomic mass is 32.1. The van der Waals surface area contributed by atoms with Crippen molar-refractivity contribution in [2.24, 2.45) is 0 Å². The van der Waals surface area contributed by atoms with Crippen molar-refractivity contribution in [2.75, 3.05) is 5.73 Å². The zero-order valence-corrected chi connectivity index (χ0v) is 10.5. The zero-order chi connectivity index (χ0) is 13.8. The first-order valence-corrected chi connectivity index (χ1v) is 6.14. The average Bonchev–Trinajstić information content (AvgIpc) is 2.94. The number of aromatic amines is 1. The number of nitrogens with one attached hydrogen (secondary N) is 1. The van der Waals surface area contributed by atoms with Gasteiger partial charge in [0.05, 0.1) is 5.51 Å². The molecule has 0 aliphatic carbocycles. The smallest absolute Gasteiger partial charge is 0.352 e. The van der Waals surface area contributed by atoms with Crippen molar-refractivity contribution in [1.29, 1.82) is 0 Å². The molecule has 0 bridgehead atoms.